The van der Waals surface area contributed by atoms with Crippen LogP contribution < -0.4 is 0 Å². The predicted octanol–water partition coefficient (Wildman–Crippen LogP) is 4.52. The summed E-state index contributed by atoms with van der Waals surface area (Å²) in [7, 11) is 0. The molecule has 0 radical (unpaired) electrons. The third-order valence-corrected chi connectivity index (χ3v) is 6.67. The Hall–Kier alpha value is -3.18. The van der Waals surface area contributed by atoms with E-state index in [4.69, 9.17) is 5.26 Å². The number of carbonyl (C=O) groups excluding carboxylic acids is 2. The minimum absolute atomic E-state index is 0.136. The summed E-state index contributed by atoms with van der Waals surface area (Å²) in [5.74, 6) is -3.56. The van der Waals surface area contributed by atoms with Gasteiger partial charge in [-0.3, -0.25) is 14.6 Å². The molecule has 6 nitrogen and oxygen atoms in total. The van der Waals surface area contributed by atoms with Crippen LogP contribution in [0.15, 0.2) is 36.5 Å². The first kappa shape index (κ1) is 24.0. The van der Waals surface area contributed by atoms with Gasteiger partial charge in [-0.2, -0.15) is 5.26 Å². The number of nitrogens with zero attached hydrogens (tertiary/aromatic N) is 3. The molecule has 1 aromatic heterocycles. The van der Waals surface area contributed by atoms with Crippen molar-refractivity contribution in [3.05, 3.63) is 47.7 Å². The van der Waals surface area contributed by atoms with Crippen molar-refractivity contribution in [2.75, 3.05) is 6.54 Å². The number of aromatic nitrogens is 1. The summed E-state index contributed by atoms with van der Waals surface area (Å²) in [6, 6.07) is 7.84. The Morgan fingerprint density at radius 3 is 2.71 bits per heavy atom. The summed E-state index contributed by atoms with van der Waals surface area (Å²) in [6.45, 7) is -0.786. The topological polar surface area (TPSA) is 94.3 Å². The van der Waals surface area contributed by atoms with Gasteiger partial charge in [-0.25, -0.2) is 8.78 Å². The number of allylic oxidation sites excluding steroid dienone is 1. The molecule has 4 rings (SSSR count). The molecular formula is C26H27F2N3O3. The number of halogens is 2. The highest BCUT2D eigenvalue weighted by atomic mass is 19.3. The number of rotatable bonds is 6. The molecule has 34 heavy (non-hydrogen) atoms. The van der Waals surface area contributed by atoms with Crippen LogP contribution in [0, 0.1) is 17.2 Å². The van der Waals surface area contributed by atoms with Crippen LogP contribution in [0.3, 0.4) is 0 Å². The van der Waals surface area contributed by atoms with E-state index in [1.165, 1.54) is 6.20 Å². The molecule has 178 valence electrons. The van der Waals surface area contributed by atoms with Gasteiger partial charge in [-0.15, -0.1) is 0 Å². The van der Waals surface area contributed by atoms with Crippen LogP contribution in [0.1, 0.15) is 60.9 Å². The number of pyridine rings is 1. The fourth-order valence-electron chi connectivity index (χ4n) is 4.75. The zero-order chi connectivity index (χ0) is 24.3. The number of hydrogen-bond acceptors (Lipinski definition) is 5. The maximum Gasteiger partial charge on any atom is 0.268 e. The van der Waals surface area contributed by atoms with Gasteiger partial charge in [0.2, 0.25) is 5.91 Å². The average molecular weight is 468 g/mol. The molecular weight excluding hydrogens is 440 g/mol. The molecule has 2 aliphatic rings. The standard InChI is InChI=1S/C26H27F2N3O3/c27-26(28)14-19(15-29)31(16-26)25(34)10-9-24(33)21-11-12-30-23-8-5-18(13-22(21)23)2-1-17-3-6-20(32)7-4-17/h1-2,5,8,11-13,17,19-20,32H,3-4,6-7,9-10,14,16H2/b2-1+/t17?,19-,20?/m0/s1. The van der Waals surface area contributed by atoms with E-state index in [2.05, 4.69) is 11.1 Å². The maximum atomic E-state index is 13.6. The number of aliphatic hydroxyl groups is 1. The molecule has 1 saturated heterocycles. The first-order valence-corrected chi connectivity index (χ1v) is 11.6. The first-order chi connectivity index (χ1) is 16.3. The van der Waals surface area contributed by atoms with Gasteiger partial charge in [-0.05, 0) is 55.4 Å². The van der Waals surface area contributed by atoms with Gasteiger partial charge in [0.05, 0.1) is 24.2 Å². The van der Waals surface area contributed by atoms with Crippen molar-refractivity contribution in [3.8, 4) is 6.07 Å². The number of amides is 1. The number of likely N-dealkylation sites (tertiary alicyclic amines) is 1. The lowest BCUT2D eigenvalue weighted by Gasteiger charge is -2.22. The molecule has 2 aromatic rings. The van der Waals surface area contributed by atoms with Gasteiger partial charge in [0, 0.05) is 36.4 Å². The molecule has 0 bridgehead atoms. The van der Waals surface area contributed by atoms with Gasteiger partial charge in [0.1, 0.15) is 6.04 Å². The lowest BCUT2D eigenvalue weighted by molar-refractivity contribution is -0.132. The van der Waals surface area contributed by atoms with Crippen LogP contribution in [0.2, 0.25) is 0 Å². The van der Waals surface area contributed by atoms with Crippen molar-refractivity contribution < 1.29 is 23.5 Å². The predicted molar refractivity (Wildman–Crippen MR) is 123 cm³/mol. The molecule has 2 fully saturated rings. The molecule has 1 saturated carbocycles. The summed E-state index contributed by atoms with van der Waals surface area (Å²) >= 11 is 0. The van der Waals surface area contributed by atoms with Gasteiger partial charge in [0.15, 0.2) is 5.78 Å². The fraction of sp³-hybridized carbons (Fsp3) is 0.462. The summed E-state index contributed by atoms with van der Waals surface area (Å²) in [4.78, 5) is 30.6. The van der Waals surface area contributed by atoms with Crippen molar-refractivity contribution in [2.45, 2.75) is 63.0 Å². The quantitative estimate of drug-likeness (QED) is 0.631. The second-order valence-electron chi connectivity index (χ2n) is 9.21. The first-order valence-electron chi connectivity index (χ1n) is 11.6. The number of aliphatic hydroxyl groups excluding tert-OH is 1. The number of fused-ring (bicyclic) bond motifs is 1. The number of alkyl halides is 2. The largest absolute Gasteiger partial charge is 0.393 e. The number of carbonyl (C=O) groups is 2. The zero-order valence-corrected chi connectivity index (χ0v) is 18.8. The maximum absolute atomic E-state index is 13.6. The molecule has 0 spiro atoms. The van der Waals surface area contributed by atoms with Gasteiger partial charge in [-0.1, -0.05) is 18.2 Å². The Morgan fingerprint density at radius 2 is 1.97 bits per heavy atom. The minimum atomic E-state index is -3.08. The van der Waals surface area contributed by atoms with E-state index in [9.17, 15) is 23.5 Å². The number of nitriles is 1. The minimum Gasteiger partial charge on any atom is -0.393 e. The van der Waals surface area contributed by atoms with Crippen LogP contribution in [-0.2, 0) is 4.79 Å². The highest BCUT2D eigenvalue weighted by Gasteiger charge is 2.47. The Bertz CT molecular complexity index is 1150. The molecule has 8 heteroatoms. The van der Waals surface area contributed by atoms with Crippen molar-refractivity contribution in [1.82, 2.24) is 9.88 Å². The molecule has 1 amide bonds. The Labute approximate surface area is 196 Å². The molecule has 1 aliphatic carbocycles. The van der Waals surface area contributed by atoms with Crippen LogP contribution in [0.5, 0.6) is 0 Å². The summed E-state index contributed by atoms with van der Waals surface area (Å²) in [5.41, 5.74) is 2.00. The van der Waals surface area contributed by atoms with E-state index in [0.29, 0.717) is 22.4 Å². The second kappa shape index (κ2) is 9.98. The van der Waals surface area contributed by atoms with Gasteiger partial charge < -0.3 is 10.0 Å². The summed E-state index contributed by atoms with van der Waals surface area (Å²) in [6.07, 6.45) is 7.94. The van der Waals surface area contributed by atoms with E-state index in [1.54, 1.807) is 12.1 Å². The van der Waals surface area contributed by atoms with Gasteiger partial charge >= 0.3 is 0 Å². The van der Waals surface area contributed by atoms with Crippen LogP contribution >= 0.6 is 0 Å². The van der Waals surface area contributed by atoms with Crippen LogP contribution in [-0.4, -0.2) is 51.3 Å². The van der Waals surface area contributed by atoms with E-state index in [1.807, 2.05) is 24.3 Å². The third kappa shape index (κ3) is 5.48. The molecule has 1 atom stereocenters. The van der Waals surface area contributed by atoms with E-state index in [0.717, 1.165) is 36.1 Å². The SMILES string of the molecule is N#C[C@@H]1CC(F)(F)CN1C(=O)CCC(=O)c1ccnc2ccc(/C=C/C3CCC(O)CC3)cc12. The number of Topliss-reactive ketones (excluding diaryl/α,β-unsaturated/α-hetero) is 1. The summed E-state index contributed by atoms with van der Waals surface area (Å²) in [5, 5.41) is 19.4. The molecule has 1 aliphatic heterocycles. The third-order valence-electron chi connectivity index (χ3n) is 6.67. The smallest absolute Gasteiger partial charge is 0.268 e. The highest BCUT2D eigenvalue weighted by Crippen LogP contribution is 2.32. The van der Waals surface area contributed by atoms with E-state index >= 15 is 0 Å². The number of benzene rings is 1. The Balaban J connectivity index is 1.45. The second-order valence-corrected chi connectivity index (χ2v) is 9.21. The molecule has 0 unspecified atom stereocenters. The normalized spacial score (nSPS) is 24.4. The van der Waals surface area contributed by atoms with Crippen molar-refractivity contribution in [2.24, 2.45) is 5.92 Å². The van der Waals surface area contributed by atoms with Crippen molar-refractivity contribution >= 4 is 28.7 Å². The Morgan fingerprint density at radius 1 is 1.21 bits per heavy atom. The number of hydrogen-bond donors (Lipinski definition) is 1. The number of ketones is 1. The monoisotopic (exact) mass is 467 g/mol. The van der Waals surface area contributed by atoms with Crippen molar-refractivity contribution in [1.29, 1.82) is 5.26 Å². The van der Waals surface area contributed by atoms with Gasteiger partial charge in [0.25, 0.3) is 5.92 Å². The highest BCUT2D eigenvalue weighted by molar-refractivity contribution is 6.08. The molecule has 2 heterocycles. The van der Waals surface area contributed by atoms with E-state index in [-0.39, 0.29) is 24.7 Å². The summed E-state index contributed by atoms with van der Waals surface area (Å²) < 4.78 is 27.3. The van der Waals surface area contributed by atoms with Crippen LogP contribution in [0.25, 0.3) is 17.0 Å². The molecule has 1 aromatic carbocycles. The fourth-order valence-corrected chi connectivity index (χ4v) is 4.75. The lowest BCUT2D eigenvalue weighted by atomic mass is 9.87. The lowest BCUT2D eigenvalue weighted by Crippen LogP contribution is -2.36. The Kier molecular flexibility index (Phi) is 7.03. The molecule has 1 N–H and O–H groups in total. The van der Waals surface area contributed by atoms with Crippen LogP contribution in [0.4, 0.5) is 8.78 Å². The average Bonchev–Trinajstić information content (AvgIpc) is 3.16. The van der Waals surface area contributed by atoms with Crippen molar-refractivity contribution in [3.63, 3.8) is 0 Å². The zero-order valence-electron chi connectivity index (χ0n) is 18.8. The van der Waals surface area contributed by atoms with E-state index < -0.39 is 30.8 Å².